The minimum Gasteiger partial charge on any atom is -0.309 e. The molecule has 354 valence electrons. The first-order valence-corrected chi connectivity index (χ1v) is 26.2. The Labute approximate surface area is 441 Å². The van der Waals surface area contributed by atoms with Crippen LogP contribution in [0, 0.1) is 0 Å². The lowest BCUT2D eigenvalue weighted by molar-refractivity contribution is 1.18. The normalized spacial score (nSPS) is 11.7. The number of para-hydroxylation sites is 2. The molecule has 16 rings (SSSR count). The minimum absolute atomic E-state index is 1.16. The van der Waals surface area contributed by atoms with E-state index in [2.05, 4.69) is 288 Å². The van der Waals surface area contributed by atoms with Crippen LogP contribution < -0.4 is 0 Å². The van der Waals surface area contributed by atoms with E-state index >= 15 is 0 Å². The van der Waals surface area contributed by atoms with Gasteiger partial charge < -0.3 is 9.13 Å². The predicted molar refractivity (Wildman–Crippen MR) is 323 cm³/mol. The molecule has 0 spiro atoms. The molecule has 1 aliphatic rings. The number of benzene rings is 13. The van der Waals surface area contributed by atoms with Crippen molar-refractivity contribution >= 4 is 65.2 Å². The van der Waals surface area contributed by atoms with Gasteiger partial charge in [0.25, 0.3) is 0 Å². The molecule has 0 radical (unpaired) electrons. The van der Waals surface area contributed by atoms with Crippen LogP contribution in [-0.4, -0.2) is 9.13 Å². The van der Waals surface area contributed by atoms with Gasteiger partial charge in [-0.1, -0.05) is 212 Å². The maximum atomic E-state index is 2.43. The van der Waals surface area contributed by atoms with Gasteiger partial charge in [0.1, 0.15) is 0 Å². The Kier molecular flexibility index (Phi) is 10.2. The average Bonchev–Trinajstić information content (AvgIpc) is 4.25. The molecule has 0 unspecified atom stereocenters. The molecular weight excluding hydrogens is 917 g/mol. The van der Waals surface area contributed by atoms with E-state index in [1.807, 2.05) is 12.1 Å². The SMILES string of the molecule is c1ccc(-c2cccc(-n3c4ccccc4c4cc(-c5ccc6c(c5)c5ccccc5n6-c5ccc6cc(-c7cc8c9c(cccc9c7)-c7ccccc7-8)ccc6c5)ccc43)c2)cc1.c1ccc(-c2ccccc2)cc1. The Morgan fingerprint density at radius 2 is 0.605 bits per heavy atom. The summed E-state index contributed by atoms with van der Waals surface area (Å²) >= 11 is 0. The topological polar surface area (TPSA) is 9.86 Å². The van der Waals surface area contributed by atoms with E-state index in [-0.39, 0.29) is 0 Å². The second kappa shape index (κ2) is 17.9. The molecule has 0 bridgehead atoms. The maximum absolute atomic E-state index is 2.43. The summed E-state index contributed by atoms with van der Waals surface area (Å²) < 4.78 is 4.84. The molecular formula is C74H48N2. The van der Waals surface area contributed by atoms with Crippen molar-refractivity contribution in [2.45, 2.75) is 0 Å². The molecule has 1 aliphatic carbocycles. The molecule has 0 aliphatic heterocycles. The summed E-state index contributed by atoms with van der Waals surface area (Å²) in [6.07, 6.45) is 0. The first-order chi connectivity index (χ1) is 37.7. The summed E-state index contributed by atoms with van der Waals surface area (Å²) in [5.41, 5.74) is 22.3. The minimum atomic E-state index is 1.16. The van der Waals surface area contributed by atoms with E-state index in [4.69, 9.17) is 0 Å². The van der Waals surface area contributed by atoms with Crippen molar-refractivity contribution in [3.63, 3.8) is 0 Å². The number of aromatic nitrogens is 2. The zero-order valence-corrected chi connectivity index (χ0v) is 41.6. The highest BCUT2D eigenvalue weighted by Gasteiger charge is 2.22. The first-order valence-electron chi connectivity index (χ1n) is 26.2. The highest BCUT2D eigenvalue weighted by molar-refractivity contribution is 6.17. The van der Waals surface area contributed by atoms with Gasteiger partial charge in [-0.2, -0.15) is 0 Å². The van der Waals surface area contributed by atoms with E-state index in [1.54, 1.807) is 0 Å². The van der Waals surface area contributed by atoms with Crippen molar-refractivity contribution in [3.05, 3.63) is 291 Å². The number of fused-ring (bicyclic) bond motifs is 10. The largest absolute Gasteiger partial charge is 0.309 e. The van der Waals surface area contributed by atoms with Crippen LogP contribution in [0.1, 0.15) is 0 Å². The van der Waals surface area contributed by atoms with Crippen LogP contribution in [-0.2, 0) is 0 Å². The highest BCUT2D eigenvalue weighted by Crippen LogP contribution is 2.49. The van der Waals surface area contributed by atoms with Crippen LogP contribution in [0.5, 0.6) is 0 Å². The Morgan fingerprint density at radius 3 is 1.24 bits per heavy atom. The van der Waals surface area contributed by atoms with Crippen molar-refractivity contribution in [2.24, 2.45) is 0 Å². The quantitative estimate of drug-likeness (QED) is 0.157. The Bertz CT molecular complexity index is 4700. The van der Waals surface area contributed by atoms with Gasteiger partial charge in [-0.3, -0.25) is 0 Å². The molecule has 2 aromatic heterocycles. The van der Waals surface area contributed by atoms with Gasteiger partial charge >= 0.3 is 0 Å². The Morgan fingerprint density at radius 1 is 0.184 bits per heavy atom. The van der Waals surface area contributed by atoms with Crippen LogP contribution in [0.15, 0.2) is 291 Å². The van der Waals surface area contributed by atoms with Gasteiger partial charge in [0.05, 0.1) is 22.1 Å². The molecule has 2 heteroatoms. The van der Waals surface area contributed by atoms with Gasteiger partial charge in [0.2, 0.25) is 0 Å². The number of rotatable bonds is 6. The van der Waals surface area contributed by atoms with Crippen molar-refractivity contribution in [1.29, 1.82) is 0 Å². The van der Waals surface area contributed by atoms with Gasteiger partial charge in [-0.15, -0.1) is 0 Å². The van der Waals surface area contributed by atoms with Crippen LogP contribution in [0.2, 0.25) is 0 Å². The Hall–Kier alpha value is -10.0. The van der Waals surface area contributed by atoms with E-state index in [0.29, 0.717) is 0 Å². The predicted octanol–water partition coefficient (Wildman–Crippen LogP) is 20.2. The van der Waals surface area contributed by atoms with Crippen LogP contribution in [0.25, 0.3) is 143 Å². The van der Waals surface area contributed by atoms with Crippen molar-refractivity contribution in [1.82, 2.24) is 9.13 Å². The molecule has 0 N–H and O–H groups in total. The van der Waals surface area contributed by atoms with Gasteiger partial charge in [-0.05, 0) is 167 Å². The van der Waals surface area contributed by atoms with Crippen LogP contribution >= 0.6 is 0 Å². The highest BCUT2D eigenvalue weighted by atomic mass is 15.0. The summed E-state index contributed by atoms with van der Waals surface area (Å²) in [4.78, 5) is 0. The number of hydrogen-bond donors (Lipinski definition) is 0. The summed E-state index contributed by atoms with van der Waals surface area (Å²) in [5, 5.41) is 10.1. The van der Waals surface area contributed by atoms with E-state index in [9.17, 15) is 0 Å². The maximum Gasteiger partial charge on any atom is 0.0541 e. The Balaban J connectivity index is 0.000000372. The zero-order valence-electron chi connectivity index (χ0n) is 41.6. The zero-order chi connectivity index (χ0) is 50.1. The van der Waals surface area contributed by atoms with E-state index < -0.39 is 0 Å². The second-order valence-corrected chi connectivity index (χ2v) is 20.0. The van der Waals surface area contributed by atoms with Crippen molar-refractivity contribution in [2.75, 3.05) is 0 Å². The average molecular weight is 965 g/mol. The smallest absolute Gasteiger partial charge is 0.0541 e. The molecule has 2 heterocycles. The van der Waals surface area contributed by atoms with Crippen LogP contribution in [0.3, 0.4) is 0 Å². The lowest BCUT2D eigenvalue weighted by Crippen LogP contribution is -1.94. The molecule has 0 saturated heterocycles. The van der Waals surface area contributed by atoms with Gasteiger partial charge in [-0.25, -0.2) is 0 Å². The lowest BCUT2D eigenvalue weighted by Gasteiger charge is -2.12. The second-order valence-electron chi connectivity index (χ2n) is 20.0. The summed E-state index contributed by atoms with van der Waals surface area (Å²) in [7, 11) is 0. The standard InChI is InChI=1S/C62H38N2.C12H10/c1-2-12-39(13-3-1)40-14-10-16-48(34-40)63-58-22-8-6-19-52(58)55-36-44(27-30-60(55)63)45-28-31-61-56(37-45)53-20-7-9-23-59(53)64(61)49-29-26-41-32-42(24-25-43(41)35-49)47-33-46-15-11-21-54-50-17-4-5-18-51(50)57(38-47)62(46)54;1-3-7-11(8-4-1)12-9-5-2-6-10-12/h1-38H;1-10H. The molecule has 0 amide bonds. The molecule has 0 saturated carbocycles. The monoisotopic (exact) mass is 964 g/mol. The fourth-order valence-electron chi connectivity index (χ4n) is 12.1. The third kappa shape index (κ3) is 7.26. The molecule has 2 nitrogen and oxygen atoms in total. The molecule has 0 atom stereocenters. The number of nitrogens with zero attached hydrogens (tertiary/aromatic N) is 2. The van der Waals surface area contributed by atoms with Crippen molar-refractivity contribution in [3.8, 4) is 78.1 Å². The van der Waals surface area contributed by atoms with Gasteiger partial charge in [0.15, 0.2) is 0 Å². The lowest BCUT2D eigenvalue weighted by atomic mass is 9.95. The fraction of sp³-hybridized carbons (Fsp3) is 0. The first kappa shape index (κ1) is 43.6. The summed E-state index contributed by atoms with van der Waals surface area (Å²) in [6.45, 7) is 0. The molecule has 0 fully saturated rings. The summed E-state index contributed by atoms with van der Waals surface area (Å²) in [6, 6.07) is 106. The third-order valence-electron chi connectivity index (χ3n) is 15.7. The number of hydrogen-bond acceptors (Lipinski definition) is 0. The summed E-state index contributed by atoms with van der Waals surface area (Å²) in [5.74, 6) is 0. The third-order valence-corrected chi connectivity index (χ3v) is 15.7. The molecule has 76 heavy (non-hydrogen) atoms. The van der Waals surface area contributed by atoms with Gasteiger partial charge in [0, 0.05) is 32.9 Å². The molecule has 15 aromatic rings. The van der Waals surface area contributed by atoms with E-state index in [1.165, 1.54) is 132 Å². The van der Waals surface area contributed by atoms with E-state index in [0.717, 1.165) is 11.4 Å². The van der Waals surface area contributed by atoms with Crippen molar-refractivity contribution < 1.29 is 0 Å². The molecule has 13 aromatic carbocycles. The van der Waals surface area contributed by atoms with Crippen LogP contribution in [0.4, 0.5) is 0 Å². The fourth-order valence-corrected chi connectivity index (χ4v) is 12.1.